The molecule has 1 aromatic rings. The highest BCUT2D eigenvalue weighted by atomic mass is 16.1. The summed E-state index contributed by atoms with van der Waals surface area (Å²) in [7, 11) is 0. The Balaban J connectivity index is 2.93. The van der Waals surface area contributed by atoms with Gasteiger partial charge in [0.2, 0.25) is 0 Å². The van der Waals surface area contributed by atoms with Gasteiger partial charge in [0.1, 0.15) is 0 Å². The molecule has 0 saturated heterocycles. The molecule has 0 aromatic heterocycles. The molecule has 0 atom stereocenters. The average Bonchev–Trinajstić information content (AvgIpc) is 2.16. The Morgan fingerprint density at radius 2 is 1.75 bits per heavy atom. The first-order valence-corrected chi connectivity index (χ1v) is 5.83. The Labute approximate surface area is 98.2 Å². The van der Waals surface area contributed by atoms with Crippen LogP contribution in [0.1, 0.15) is 42.0 Å². The quantitative estimate of drug-likeness (QED) is 0.695. The first-order valence-electron chi connectivity index (χ1n) is 5.83. The fraction of sp³-hybridized carbons (Fsp3) is 0.400. The van der Waals surface area contributed by atoms with E-state index >= 15 is 0 Å². The fourth-order valence-electron chi connectivity index (χ4n) is 1.96. The maximum absolute atomic E-state index is 11.4. The SMILES string of the molecule is CCCC(=O)C=Cc1c(C)cc(C)cc1C. The van der Waals surface area contributed by atoms with Crippen molar-refractivity contribution in [2.75, 3.05) is 0 Å². The van der Waals surface area contributed by atoms with Crippen molar-refractivity contribution in [3.05, 3.63) is 40.5 Å². The van der Waals surface area contributed by atoms with Crippen LogP contribution in [-0.4, -0.2) is 5.78 Å². The van der Waals surface area contributed by atoms with E-state index in [1.807, 2.05) is 13.0 Å². The summed E-state index contributed by atoms with van der Waals surface area (Å²) < 4.78 is 0. The van der Waals surface area contributed by atoms with E-state index in [1.165, 1.54) is 22.3 Å². The van der Waals surface area contributed by atoms with Crippen molar-refractivity contribution in [3.8, 4) is 0 Å². The Morgan fingerprint density at radius 3 is 2.25 bits per heavy atom. The maximum Gasteiger partial charge on any atom is 0.155 e. The van der Waals surface area contributed by atoms with E-state index in [1.54, 1.807) is 6.08 Å². The van der Waals surface area contributed by atoms with Gasteiger partial charge in [-0.3, -0.25) is 4.79 Å². The minimum atomic E-state index is 0.210. The molecule has 0 heterocycles. The van der Waals surface area contributed by atoms with E-state index in [0.29, 0.717) is 6.42 Å². The van der Waals surface area contributed by atoms with Crippen LogP contribution in [0.2, 0.25) is 0 Å². The third-order valence-corrected chi connectivity index (χ3v) is 2.67. The first-order chi connectivity index (χ1) is 7.54. The molecule has 1 rings (SSSR count). The van der Waals surface area contributed by atoms with Gasteiger partial charge < -0.3 is 0 Å². The minimum Gasteiger partial charge on any atom is -0.295 e. The molecule has 0 amide bonds. The topological polar surface area (TPSA) is 17.1 Å². The van der Waals surface area contributed by atoms with Crippen LogP contribution in [0.25, 0.3) is 6.08 Å². The molecule has 86 valence electrons. The predicted molar refractivity (Wildman–Crippen MR) is 69.6 cm³/mol. The van der Waals surface area contributed by atoms with Gasteiger partial charge in [0.05, 0.1) is 0 Å². The van der Waals surface area contributed by atoms with Crippen LogP contribution in [0.4, 0.5) is 0 Å². The van der Waals surface area contributed by atoms with Crippen molar-refractivity contribution in [1.82, 2.24) is 0 Å². The lowest BCUT2D eigenvalue weighted by atomic mass is 9.99. The number of carbonyl (C=O) groups is 1. The van der Waals surface area contributed by atoms with Gasteiger partial charge in [-0.2, -0.15) is 0 Å². The monoisotopic (exact) mass is 216 g/mol. The van der Waals surface area contributed by atoms with E-state index in [0.717, 1.165) is 6.42 Å². The molecule has 0 spiro atoms. The number of benzene rings is 1. The largest absolute Gasteiger partial charge is 0.295 e. The minimum absolute atomic E-state index is 0.210. The number of rotatable bonds is 4. The smallest absolute Gasteiger partial charge is 0.155 e. The molecule has 0 aliphatic rings. The second-order valence-corrected chi connectivity index (χ2v) is 4.36. The molecule has 0 saturated carbocycles. The number of hydrogen-bond donors (Lipinski definition) is 0. The Hall–Kier alpha value is -1.37. The van der Waals surface area contributed by atoms with E-state index < -0.39 is 0 Å². The lowest BCUT2D eigenvalue weighted by molar-refractivity contribution is -0.114. The van der Waals surface area contributed by atoms with E-state index in [-0.39, 0.29) is 5.78 Å². The van der Waals surface area contributed by atoms with Crippen LogP contribution >= 0.6 is 0 Å². The van der Waals surface area contributed by atoms with Crippen LogP contribution in [0, 0.1) is 20.8 Å². The molecule has 16 heavy (non-hydrogen) atoms. The molecule has 0 fully saturated rings. The summed E-state index contributed by atoms with van der Waals surface area (Å²) in [5.41, 5.74) is 4.91. The molecule has 1 heteroatoms. The summed E-state index contributed by atoms with van der Waals surface area (Å²) in [6, 6.07) is 4.30. The van der Waals surface area contributed by atoms with Gasteiger partial charge in [-0.15, -0.1) is 0 Å². The van der Waals surface area contributed by atoms with Gasteiger partial charge in [-0.05, 0) is 50.0 Å². The van der Waals surface area contributed by atoms with Crippen LogP contribution < -0.4 is 0 Å². The second kappa shape index (κ2) is 5.64. The number of ketones is 1. The summed E-state index contributed by atoms with van der Waals surface area (Å²) in [4.78, 5) is 11.4. The van der Waals surface area contributed by atoms with Gasteiger partial charge in [-0.1, -0.05) is 30.7 Å². The van der Waals surface area contributed by atoms with Gasteiger partial charge in [0, 0.05) is 6.42 Å². The zero-order valence-electron chi connectivity index (χ0n) is 10.6. The van der Waals surface area contributed by atoms with Crippen LogP contribution in [-0.2, 0) is 4.79 Å². The zero-order chi connectivity index (χ0) is 12.1. The molecule has 0 unspecified atom stereocenters. The van der Waals surface area contributed by atoms with Gasteiger partial charge >= 0.3 is 0 Å². The Morgan fingerprint density at radius 1 is 1.19 bits per heavy atom. The van der Waals surface area contributed by atoms with E-state index in [9.17, 15) is 4.79 Å². The number of carbonyl (C=O) groups excluding carboxylic acids is 1. The highest BCUT2D eigenvalue weighted by Gasteiger charge is 2.01. The van der Waals surface area contributed by atoms with Gasteiger partial charge in [-0.25, -0.2) is 0 Å². The molecular weight excluding hydrogens is 196 g/mol. The first kappa shape index (κ1) is 12.7. The average molecular weight is 216 g/mol. The third kappa shape index (κ3) is 3.34. The third-order valence-electron chi connectivity index (χ3n) is 2.67. The molecule has 0 aliphatic heterocycles. The maximum atomic E-state index is 11.4. The number of aryl methyl sites for hydroxylation is 3. The molecule has 1 aromatic carbocycles. The van der Waals surface area contributed by atoms with Gasteiger partial charge in [0.15, 0.2) is 5.78 Å². The van der Waals surface area contributed by atoms with Crippen molar-refractivity contribution in [1.29, 1.82) is 0 Å². The molecule has 0 bridgehead atoms. The van der Waals surface area contributed by atoms with Gasteiger partial charge in [0.25, 0.3) is 0 Å². The standard InChI is InChI=1S/C15H20O/c1-5-6-14(16)7-8-15-12(3)9-11(2)10-13(15)4/h7-10H,5-6H2,1-4H3. The molecule has 0 N–H and O–H groups in total. The van der Waals surface area contributed by atoms with Crippen molar-refractivity contribution < 1.29 is 4.79 Å². The highest BCUT2D eigenvalue weighted by Crippen LogP contribution is 2.17. The number of allylic oxidation sites excluding steroid dienone is 1. The zero-order valence-corrected chi connectivity index (χ0v) is 10.6. The Kier molecular flexibility index (Phi) is 4.48. The van der Waals surface area contributed by atoms with Crippen LogP contribution in [0.3, 0.4) is 0 Å². The molecule has 0 aliphatic carbocycles. The van der Waals surface area contributed by atoms with Crippen molar-refractivity contribution in [3.63, 3.8) is 0 Å². The predicted octanol–water partition coefficient (Wildman–Crippen LogP) is 3.99. The summed E-state index contributed by atoms with van der Waals surface area (Å²) in [5, 5.41) is 0. The normalized spacial score (nSPS) is 11.0. The molecular formula is C15H20O. The van der Waals surface area contributed by atoms with E-state index in [2.05, 4.69) is 32.9 Å². The Bertz CT molecular complexity index is 390. The molecule has 0 radical (unpaired) electrons. The van der Waals surface area contributed by atoms with Crippen molar-refractivity contribution in [2.24, 2.45) is 0 Å². The lowest BCUT2D eigenvalue weighted by Gasteiger charge is -2.06. The van der Waals surface area contributed by atoms with Crippen LogP contribution in [0.15, 0.2) is 18.2 Å². The second-order valence-electron chi connectivity index (χ2n) is 4.36. The summed E-state index contributed by atoms with van der Waals surface area (Å²) >= 11 is 0. The number of hydrogen-bond acceptors (Lipinski definition) is 1. The molecule has 1 nitrogen and oxygen atoms in total. The van der Waals surface area contributed by atoms with Crippen molar-refractivity contribution in [2.45, 2.75) is 40.5 Å². The van der Waals surface area contributed by atoms with Crippen LogP contribution in [0.5, 0.6) is 0 Å². The van der Waals surface area contributed by atoms with E-state index in [4.69, 9.17) is 0 Å². The lowest BCUT2D eigenvalue weighted by Crippen LogP contribution is -1.92. The highest BCUT2D eigenvalue weighted by molar-refractivity contribution is 5.93. The van der Waals surface area contributed by atoms with Crippen molar-refractivity contribution >= 4 is 11.9 Å². The summed E-state index contributed by atoms with van der Waals surface area (Å²) in [6.07, 6.45) is 5.20. The summed E-state index contributed by atoms with van der Waals surface area (Å²) in [6.45, 7) is 8.29. The summed E-state index contributed by atoms with van der Waals surface area (Å²) in [5.74, 6) is 0.210. The fourth-order valence-corrected chi connectivity index (χ4v) is 1.96.